The van der Waals surface area contributed by atoms with E-state index in [9.17, 15) is 9.90 Å². The first-order valence-corrected chi connectivity index (χ1v) is 7.07. The summed E-state index contributed by atoms with van der Waals surface area (Å²) in [6.07, 6.45) is 2.14. The topological polar surface area (TPSA) is 52.9 Å². The van der Waals surface area contributed by atoms with Crippen molar-refractivity contribution in [2.24, 2.45) is 5.10 Å². The molecule has 0 bridgehead atoms. The van der Waals surface area contributed by atoms with E-state index < -0.39 is 0 Å². The third-order valence-electron chi connectivity index (χ3n) is 3.17. The number of rotatable bonds is 2. The highest BCUT2D eigenvalue weighted by Gasteiger charge is 2.23. The van der Waals surface area contributed by atoms with Gasteiger partial charge in [-0.05, 0) is 24.3 Å². The van der Waals surface area contributed by atoms with Gasteiger partial charge in [-0.25, -0.2) is 5.01 Å². The van der Waals surface area contributed by atoms with E-state index >= 15 is 0 Å². The third-order valence-corrected chi connectivity index (χ3v) is 3.69. The lowest BCUT2D eigenvalue weighted by Crippen LogP contribution is -2.22. The lowest BCUT2D eigenvalue weighted by Gasteiger charge is -2.27. The molecule has 0 amide bonds. The number of benzene rings is 2. The normalized spacial score (nSPS) is 15.6. The van der Waals surface area contributed by atoms with Crippen LogP contribution in [0.3, 0.4) is 0 Å². The van der Waals surface area contributed by atoms with E-state index in [1.807, 2.05) is 48.5 Å². The second kappa shape index (κ2) is 5.54. The van der Waals surface area contributed by atoms with Crippen LogP contribution >= 0.6 is 15.9 Å². The number of fused-ring (bicyclic) bond motifs is 1. The Labute approximate surface area is 130 Å². The summed E-state index contributed by atoms with van der Waals surface area (Å²) in [6.45, 7) is 0. The van der Waals surface area contributed by atoms with Crippen LogP contribution in [0, 0.1) is 0 Å². The van der Waals surface area contributed by atoms with Gasteiger partial charge in [0.05, 0.1) is 11.9 Å². The van der Waals surface area contributed by atoms with Crippen LogP contribution in [0.2, 0.25) is 0 Å². The van der Waals surface area contributed by atoms with Gasteiger partial charge in [0.15, 0.2) is 12.0 Å². The van der Waals surface area contributed by atoms with Crippen molar-refractivity contribution in [1.82, 2.24) is 0 Å². The highest BCUT2D eigenvalue weighted by atomic mass is 79.9. The Hall–Kier alpha value is -2.40. The van der Waals surface area contributed by atoms with Crippen molar-refractivity contribution in [3.8, 4) is 0 Å². The Morgan fingerprint density at radius 3 is 2.57 bits per heavy atom. The van der Waals surface area contributed by atoms with E-state index in [4.69, 9.17) is 0 Å². The number of hydrogen-bond donors (Lipinski definition) is 1. The monoisotopic (exact) mass is 342 g/mol. The minimum atomic E-state index is -0.345. The summed E-state index contributed by atoms with van der Waals surface area (Å²) >= 11 is 3.38. The van der Waals surface area contributed by atoms with E-state index in [1.54, 1.807) is 11.2 Å². The van der Waals surface area contributed by atoms with Crippen molar-refractivity contribution < 1.29 is 9.90 Å². The first kappa shape index (κ1) is 13.6. The molecule has 3 rings (SSSR count). The van der Waals surface area contributed by atoms with E-state index in [0.29, 0.717) is 12.0 Å². The van der Waals surface area contributed by atoms with Gasteiger partial charge in [-0.2, -0.15) is 5.10 Å². The zero-order valence-corrected chi connectivity index (χ0v) is 12.5. The molecule has 0 spiro atoms. The molecular weight excluding hydrogens is 332 g/mol. The molecule has 1 heterocycles. The van der Waals surface area contributed by atoms with Crippen LogP contribution < -0.4 is 5.01 Å². The molecule has 4 nitrogen and oxygen atoms in total. The average molecular weight is 343 g/mol. The molecular formula is C16H11BrN2O2. The Morgan fingerprint density at radius 1 is 1.14 bits per heavy atom. The maximum Gasteiger partial charge on any atom is 0.186 e. The van der Waals surface area contributed by atoms with Crippen molar-refractivity contribution in [3.05, 3.63) is 69.9 Å². The molecule has 1 aliphatic heterocycles. The van der Waals surface area contributed by atoms with Gasteiger partial charge in [0.25, 0.3) is 0 Å². The highest BCUT2D eigenvalue weighted by Crippen LogP contribution is 2.33. The predicted octanol–water partition coefficient (Wildman–Crippen LogP) is 3.73. The van der Waals surface area contributed by atoms with Gasteiger partial charge in [-0.15, -0.1) is 0 Å². The second-order valence-electron chi connectivity index (χ2n) is 4.47. The molecule has 5 heteroatoms. The van der Waals surface area contributed by atoms with Gasteiger partial charge in [-0.3, -0.25) is 4.79 Å². The van der Waals surface area contributed by atoms with Gasteiger partial charge in [-0.1, -0.05) is 40.2 Å². The molecule has 0 saturated carbocycles. The summed E-state index contributed by atoms with van der Waals surface area (Å²) in [4.78, 5) is 11.1. The number of nitrogens with zero attached hydrogens (tertiary/aromatic N) is 2. The van der Waals surface area contributed by atoms with Crippen molar-refractivity contribution in [2.45, 2.75) is 0 Å². The minimum Gasteiger partial charge on any atom is -0.503 e. The molecule has 1 N–H and O–H groups in total. The third kappa shape index (κ3) is 2.48. The number of carbonyl (C=O) groups is 1. The van der Waals surface area contributed by atoms with Crippen molar-refractivity contribution in [1.29, 1.82) is 0 Å². The lowest BCUT2D eigenvalue weighted by atomic mass is 10.0. The van der Waals surface area contributed by atoms with Gasteiger partial charge in [0.2, 0.25) is 0 Å². The zero-order chi connectivity index (χ0) is 14.8. The smallest absolute Gasteiger partial charge is 0.186 e. The quantitative estimate of drug-likeness (QED) is 0.514. The van der Waals surface area contributed by atoms with Crippen LogP contribution in [0.25, 0.3) is 5.70 Å². The zero-order valence-electron chi connectivity index (χ0n) is 10.9. The number of carbonyl (C=O) groups excluding carboxylic acids is 1. The number of hydrazone groups is 1. The molecule has 104 valence electrons. The molecule has 0 aromatic heterocycles. The van der Waals surface area contributed by atoms with Crippen LogP contribution in [0.5, 0.6) is 0 Å². The maximum absolute atomic E-state index is 11.1. The molecule has 0 aliphatic carbocycles. The fraction of sp³-hybridized carbons (Fsp3) is 0. The van der Waals surface area contributed by atoms with Gasteiger partial charge >= 0.3 is 0 Å². The predicted molar refractivity (Wildman–Crippen MR) is 86.3 cm³/mol. The summed E-state index contributed by atoms with van der Waals surface area (Å²) in [7, 11) is 0. The molecule has 21 heavy (non-hydrogen) atoms. The number of aliphatic hydroxyl groups excluding tert-OH is 1. The van der Waals surface area contributed by atoms with Gasteiger partial charge in [0, 0.05) is 15.6 Å². The van der Waals surface area contributed by atoms with Crippen LogP contribution in [-0.2, 0) is 4.79 Å². The summed E-state index contributed by atoms with van der Waals surface area (Å²) in [5, 5.41) is 15.9. The summed E-state index contributed by atoms with van der Waals surface area (Å²) < 4.78 is 0.942. The maximum atomic E-state index is 11.1. The number of allylic oxidation sites excluding steroid dienone is 1. The number of aliphatic hydroxyl groups is 1. The molecule has 2 aromatic rings. The average Bonchev–Trinajstić information content (AvgIpc) is 2.54. The first-order chi connectivity index (χ1) is 10.2. The van der Waals surface area contributed by atoms with Crippen LogP contribution in [0.1, 0.15) is 11.1 Å². The summed E-state index contributed by atoms with van der Waals surface area (Å²) in [5.41, 5.74) is 2.76. The van der Waals surface area contributed by atoms with Crippen LogP contribution in [0.4, 0.5) is 5.69 Å². The Balaban J connectivity index is 2.18. The minimum absolute atomic E-state index is 0.345. The Bertz CT molecular complexity index is 751. The number of anilines is 1. The van der Waals surface area contributed by atoms with Crippen molar-refractivity contribution in [2.75, 3.05) is 5.01 Å². The lowest BCUT2D eigenvalue weighted by molar-refractivity contribution is -0.106. The number of hydrogen-bond acceptors (Lipinski definition) is 4. The van der Waals surface area contributed by atoms with Crippen LogP contribution in [0.15, 0.2) is 63.9 Å². The molecule has 0 unspecified atom stereocenters. The number of aldehydes is 1. The Morgan fingerprint density at radius 2 is 1.86 bits per heavy atom. The number of halogens is 1. The molecule has 0 atom stereocenters. The molecule has 1 aliphatic rings. The van der Waals surface area contributed by atoms with E-state index in [2.05, 4.69) is 21.0 Å². The van der Waals surface area contributed by atoms with E-state index in [0.717, 1.165) is 21.3 Å². The standard InChI is InChI=1S/C16H11BrN2O2/c17-12-5-7-13(8-6-12)19-16(15(21)10-20)14-4-2-1-3-11(14)9-18-19/h1-10,21H. The SMILES string of the molecule is O=CC(O)=C1c2ccccc2C=NN1c1ccc(Br)cc1. The highest BCUT2D eigenvalue weighted by molar-refractivity contribution is 9.10. The summed E-state index contributed by atoms with van der Waals surface area (Å²) in [5.74, 6) is -0.345. The van der Waals surface area contributed by atoms with Gasteiger partial charge in [0.1, 0.15) is 5.70 Å². The Kier molecular flexibility index (Phi) is 3.58. The van der Waals surface area contributed by atoms with Gasteiger partial charge < -0.3 is 5.11 Å². The van der Waals surface area contributed by atoms with E-state index in [-0.39, 0.29) is 5.76 Å². The second-order valence-corrected chi connectivity index (χ2v) is 5.39. The van der Waals surface area contributed by atoms with Crippen molar-refractivity contribution in [3.63, 3.8) is 0 Å². The molecule has 0 saturated heterocycles. The first-order valence-electron chi connectivity index (χ1n) is 6.28. The largest absolute Gasteiger partial charge is 0.503 e. The van der Waals surface area contributed by atoms with E-state index in [1.165, 1.54) is 0 Å². The molecule has 0 fully saturated rings. The summed E-state index contributed by atoms with van der Waals surface area (Å²) in [6, 6.07) is 14.9. The fourth-order valence-electron chi connectivity index (χ4n) is 2.20. The van der Waals surface area contributed by atoms with Crippen LogP contribution in [-0.4, -0.2) is 17.6 Å². The molecule has 0 radical (unpaired) electrons. The fourth-order valence-corrected chi connectivity index (χ4v) is 2.46. The van der Waals surface area contributed by atoms with Crippen molar-refractivity contribution >= 4 is 39.8 Å². The molecule has 2 aromatic carbocycles.